The van der Waals surface area contributed by atoms with Gasteiger partial charge in [0.25, 0.3) is 0 Å². The van der Waals surface area contributed by atoms with Gasteiger partial charge in [0.2, 0.25) is 0 Å². The van der Waals surface area contributed by atoms with E-state index in [0.29, 0.717) is 10.8 Å². The summed E-state index contributed by atoms with van der Waals surface area (Å²) in [5.41, 5.74) is 1.04. The van der Waals surface area contributed by atoms with Crippen molar-refractivity contribution in [3.8, 4) is 0 Å². The fourth-order valence-electron chi connectivity index (χ4n) is 2.13. The maximum Gasteiger partial charge on any atom is 0.101 e. The Labute approximate surface area is 79.5 Å². The maximum atomic E-state index is 2.43. The molecule has 0 spiro atoms. The van der Waals surface area contributed by atoms with Crippen LogP contribution in [-0.2, 0) is 0 Å². The Morgan fingerprint density at radius 2 is 1.42 bits per heavy atom. The average Bonchev–Trinajstić information content (AvgIpc) is 2.02. The summed E-state index contributed by atoms with van der Waals surface area (Å²) in [5.74, 6) is 0. The molecule has 0 rings (SSSR count). The van der Waals surface area contributed by atoms with Gasteiger partial charge in [-0.25, -0.2) is 0 Å². The molecule has 0 atom stereocenters. The Hall–Kier alpha value is 0.0649. The molecule has 1 heteroatoms. The van der Waals surface area contributed by atoms with E-state index >= 15 is 0 Å². The van der Waals surface area contributed by atoms with Crippen LogP contribution in [0.1, 0.15) is 53.9 Å². The molecule has 0 bridgehead atoms. The first-order valence-electron chi connectivity index (χ1n) is 5.43. The van der Waals surface area contributed by atoms with Gasteiger partial charge in [-0.15, -0.1) is 0 Å². The van der Waals surface area contributed by atoms with Gasteiger partial charge in [-0.3, -0.25) is 0 Å². The lowest BCUT2D eigenvalue weighted by atomic mass is 9.61. The zero-order chi connectivity index (χ0) is 9.83. The molecule has 72 valence electrons. The van der Waals surface area contributed by atoms with Crippen molar-refractivity contribution in [3.63, 3.8) is 0 Å². The number of rotatable bonds is 5. The molecule has 0 aromatic rings. The third kappa shape index (κ3) is 2.28. The van der Waals surface area contributed by atoms with Crippen molar-refractivity contribution in [2.24, 2.45) is 10.8 Å². The molecule has 0 saturated carbocycles. The first-order chi connectivity index (χ1) is 5.43. The summed E-state index contributed by atoms with van der Waals surface area (Å²) in [5, 5.41) is 0. The molecule has 0 N–H and O–H groups in total. The second kappa shape index (κ2) is 4.34. The van der Waals surface area contributed by atoms with Gasteiger partial charge < -0.3 is 0 Å². The number of hydrogen-bond acceptors (Lipinski definition) is 0. The van der Waals surface area contributed by atoms with Crippen LogP contribution in [0.25, 0.3) is 0 Å². The van der Waals surface area contributed by atoms with Crippen molar-refractivity contribution in [2.75, 3.05) is 0 Å². The molecule has 0 radical (unpaired) electrons. The van der Waals surface area contributed by atoms with Crippen LogP contribution in [0, 0.1) is 10.8 Å². The normalized spacial score (nSPS) is 13.4. The maximum absolute atomic E-state index is 2.43. The molecule has 0 aromatic carbocycles. The topological polar surface area (TPSA) is 0 Å². The van der Waals surface area contributed by atoms with Crippen molar-refractivity contribution in [2.45, 2.75) is 60.2 Å². The summed E-state index contributed by atoms with van der Waals surface area (Å²) in [6.07, 6.45) is 5.26. The molecule has 0 aliphatic rings. The summed E-state index contributed by atoms with van der Waals surface area (Å²) in [6, 6.07) is 0. The Kier molecular flexibility index (Phi) is 4.37. The first kappa shape index (κ1) is 12.1. The average molecular weight is 168 g/mol. The second-order valence-corrected chi connectivity index (χ2v) is 4.90. The highest BCUT2D eigenvalue weighted by atomic mass is 14.4. The molecule has 0 fully saturated rings. The Morgan fingerprint density at radius 3 is 1.67 bits per heavy atom. The minimum absolute atomic E-state index is 0.505. The highest BCUT2D eigenvalue weighted by Gasteiger charge is 2.36. The van der Waals surface area contributed by atoms with Gasteiger partial charge in [-0.1, -0.05) is 60.2 Å². The SMILES string of the molecule is BCCC(C)(C)C(C)(CC)CC. The highest BCUT2D eigenvalue weighted by molar-refractivity contribution is 6.08. The lowest BCUT2D eigenvalue weighted by Crippen LogP contribution is -2.34. The van der Waals surface area contributed by atoms with E-state index < -0.39 is 0 Å². The molecule has 0 aliphatic heterocycles. The van der Waals surface area contributed by atoms with Crippen molar-refractivity contribution in [3.05, 3.63) is 0 Å². The van der Waals surface area contributed by atoms with Gasteiger partial charge in [0.05, 0.1) is 0 Å². The molecular formula is C11H25B. The summed E-state index contributed by atoms with van der Waals surface area (Å²) in [6.45, 7) is 11.9. The molecule has 0 aromatic heterocycles. The van der Waals surface area contributed by atoms with E-state index in [1.54, 1.807) is 0 Å². The lowest BCUT2D eigenvalue weighted by Gasteiger charge is -2.44. The van der Waals surface area contributed by atoms with Crippen LogP contribution in [-0.4, -0.2) is 7.85 Å². The zero-order valence-electron chi connectivity index (χ0n) is 9.83. The smallest absolute Gasteiger partial charge is 0.0805 e. The van der Waals surface area contributed by atoms with Gasteiger partial charge in [0.15, 0.2) is 0 Å². The van der Waals surface area contributed by atoms with E-state index in [-0.39, 0.29) is 0 Å². The summed E-state index contributed by atoms with van der Waals surface area (Å²) >= 11 is 0. The molecule has 0 aliphatic carbocycles. The summed E-state index contributed by atoms with van der Waals surface area (Å²) in [7, 11) is 2.29. The van der Waals surface area contributed by atoms with Crippen LogP contribution in [0.2, 0.25) is 6.32 Å². The molecular weight excluding hydrogens is 143 g/mol. The van der Waals surface area contributed by atoms with Crippen LogP contribution >= 0.6 is 0 Å². The monoisotopic (exact) mass is 168 g/mol. The van der Waals surface area contributed by atoms with E-state index in [0.717, 1.165) is 0 Å². The van der Waals surface area contributed by atoms with E-state index in [1.807, 2.05) is 0 Å². The molecule has 0 nitrogen and oxygen atoms in total. The van der Waals surface area contributed by atoms with Crippen LogP contribution in [0.15, 0.2) is 0 Å². The number of hydrogen-bond donors (Lipinski definition) is 0. The first-order valence-corrected chi connectivity index (χ1v) is 5.43. The third-order valence-corrected chi connectivity index (χ3v) is 4.07. The van der Waals surface area contributed by atoms with Gasteiger partial charge in [0, 0.05) is 0 Å². The van der Waals surface area contributed by atoms with E-state index in [4.69, 9.17) is 0 Å². The Morgan fingerprint density at radius 1 is 1.00 bits per heavy atom. The fourth-order valence-corrected chi connectivity index (χ4v) is 2.13. The minimum atomic E-state index is 0.505. The minimum Gasteiger partial charge on any atom is -0.0805 e. The predicted molar refractivity (Wildman–Crippen MR) is 60.4 cm³/mol. The Balaban J connectivity index is 4.46. The summed E-state index contributed by atoms with van der Waals surface area (Å²) < 4.78 is 0. The van der Waals surface area contributed by atoms with E-state index in [1.165, 1.54) is 25.6 Å². The van der Waals surface area contributed by atoms with Gasteiger partial charge in [-0.2, -0.15) is 0 Å². The van der Waals surface area contributed by atoms with Gasteiger partial charge in [0.1, 0.15) is 7.85 Å². The van der Waals surface area contributed by atoms with Crippen LogP contribution in [0.4, 0.5) is 0 Å². The highest BCUT2D eigenvalue weighted by Crippen LogP contribution is 2.47. The van der Waals surface area contributed by atoms with Crippen LogP contribution in [0.3, 0.4) is 0 Å². The summed E-state index contributed by atoms with van der Waals surface area (Å²) in [4.78, 5) is 0. The molecule has 12 heavy (non-hydrogen) atoms. The molecule has 0 amide bonds. The van der Waals surface area contributed by atoms with Gasteiger partial charge in [-0.05, 0) is 10.8 Å². The largest absolute Gasteiger partial charge is 0.101 e. The van der Waals surface area contributed by atoms with Crippen molar-refractivity contribution in [1.29, 1.82) is 0 Å². The van der Waals surface area contributed by atoms with Crippen molar-refractivity contribution < 1.29 is 0 Å². The molecule has 0 heterocycles. The zero-order valence-corrected chi connectivity index (χ0v) is 9.83. The van der Waals surface area contributed by atoms with Gasteiger partial charge >= 0.3 is 0 Å². The van der Waals surface area contributed by atoms with Crippen LogP contribution in [0.5, 0.6) is 0 Å². The van der Waals surface area contributed by atoms with Crippen molar-refractivity contribution >= 4 is 7.85 Å². The lowest BCUT2D eigenvalue weighted by molar-refractivity contribution is 0.0738. The quantitative estimate of drug-likeness (QED) is 0.552. The molecule has 0 saturated heterocycles. The standard InChI is InChI=1S/C11H25B/c1-6-11(5,7-2)10(3,4)8-9-12/h6-9,12H2,1-5H3. The molecule has 0 unspecified atom stereocenters. The Bertz CT molecular complexity index is 123. The third-order valence-electron chi connectivity index (χ3n) is 4.07. The fraction of sp³-hybridized carbons (Fsp3) is 1.00. The van der Waals surface area contributed by atoms with Crippen molar-refractivity contribution in [1.82, 2.24) is 0 Å². The second-order valence-electron chi connectivity index (χ2n) is 4.90. The van der Waals surface area contributed by atoms with E-state index in [2.05, 4.69) is 42.5 Å². The van der Waals surface area contributed by atoms with E-state index in [9.17, 15) is 0 Å². The predicted octanol–water partition coefficient (Wildman–Crippen LogP) is 3.28. The van der Waals surface area contributed by atoms with Crippen LogP contribution < -0.4 is 0 Å².